The maximum Gasteiger partial charge on any atom is 0.407 e. The summed E-state index contributed by atoms with van der Waals surface area (Å²) in [5.41, 5.74) is -0.408. The molecule has 0 radical (unpaired) electrons. The fourth-order valence-electron chi connectivity index (χ4n) is 0.904. The number of rotatable bonds is 7. The summed E-state index contributed by atoms with van der Waals surface area (Å²) in [6, 6.07) is 0. The molecular formula is C11H23NO2S2. The van der Waals surface area contributed by atoms with Crippen LogP contribution in [0.3, 0.4) is 0 Å². The van der Waals surface area contributed by atoms with Gasteiger partial charge in [-0.05, 0) is 26.5 Å². The number of alkyl carbamates (subject to hydrolysis) is 1. The third-order valence-electron chi connectivity index (χ3n) is 1.49. The number of amides is 1. The highest BCUT2D eigenvalue weighted by atomic mass is 32.2. The Morgan fingerprint density at radius 1 is 1.19 bits per heavy atom. The Morgan fingerprint density at radius 3 is 2.38 bits per heavy atom. The monoisotopic (exact) mass is 265 g/mol. The average Bonchev–Trinajstić information content (AvgIpc) is 2.13. The lowest BCUT2D eigenvalue weighted by atomic mass is 10.2. The quantitative estimate of drug-likeness (QED) is 0.718. The molecule has 0 heterocycles. The van der Waals surface area contributed by atoms with E-state index in [4.69, 9.17) is 4.74 Å². The van der Waals surface area contributed by atoms with Crippen molar-refractivity contribution in [2.75, 3.05) is 29.6 Å². The number of carbonyl (C=O) groups excluding carboxylic acids is 1. The van der Waals surface area contributed by atoms with Crippen LogP contribution in [0.2, 0.25) is 0 Å². The second kappa shape index (κ2) is 9.05. The van der Waals surface area contributed by atoms with E-state index in [-0.39, 0.29) is 6.09 Å². The number of nitrogens with one attached hydrogen (secondary N) is 1. The van der Waals surface area contributed by atoms with Gasteiger partial charge in [-0.2, -0.15) is 23.5 Å². The normalized spacial score (nSPS) is 11.2. The summed E-state index contributed by atoms with van der Waals surface area (Å²) in [4.78, 5) is 11.2. The minimum absolute atomic E-state index is 0.323. The van der Waals surface area contributed by atoms with E-state index >= 15 is 0 Å². The molecule has 0 atom stereocenters. The Kier molecular flexibility index (Phi) is 9.03. The van der Waals surface area contributed by atoms with Gasteiger partial charge in [0.1, 0.15) is 5.60 Å². The molecule has 1 N–H and O–H groups in total. The summed E-state index contributed by atoms with van der Waals surface area (Å²) in [5, 5.41) is 2.74. The van der Waals surface area contributed by atoms with Crippen LogP contribution in [0.25, 0.3) is 0 Å². The van der Waals surface area contributed by atoms with Gasteiger partial charge in [-0.1, -0.05) is 6.92 Å². The van der Waals surface area contributed by atoms with Crippen molar-refractivity contribution in [2.45, 2.75) is 33.3 Å². The topological polar surface area (TPSA) is 38.3 Å². The molecule has 0 aliphatic heterocycles. The highest BCUT2D eigenvalue weighted by Crippen LogP contribution is 2.07. The van der Waals surface area contributed by atoms with Crippen LogP contribution in [0.1, 0.15) is 27.7 Å². The van der Waals surface area contributed by atoms with Gasteiger partial charge in [-0.3, -0.25) is 0 Å². The molecule has 0 unspecified atom stereocenters. The van der Waals surface area contributed by atoms with Crippen molar-refractivity contribution < 1.29 is 9.53 Å². The summed E-state index contributed by atoms with van der Waals surface area (Å²) in [6.45, 7) is 8.44. The van der Waals surface area contributed by atoms with E-state index in [1.165, 1.54) is 11.5 Å². The molecule has 0 aromatic rings. The summed E-state index contributed by atoms with van der Waals surface area (Å²) in [5.74, 6) is 4.46. The smallest absolute Gasteiger partial charge is 0.407 e. The van der Waals surface area contributed by atoms with Crippen LogP contribution in [0, 0.1) is 0 Å². The Balaban J connectivity index is 3.28. The average molecular weight is 265 g/mol. The van der Waals surface area contributed by atoms with E-state index in [9.17, 15) is 4.79 Å². The Labute approximate surface area is 107 Å². The highest BCUT2D eigenvalue weighted by Gasteiger charge is 2.15. The van der Waals surface area contributed by atoms with Gasteiger partial charge in [-0.15, -0.1) is 0 Å². The summed E-state index contributed by atoms with van der Waals surface area (Å²) in [7, 11) is 0. The first-order valence-electron chi connectivity index (χ1n) is 5.58. The second-order valence-corrected chi connectivity index (χ2v) is 6.86. The minimum Gasteiger partial charge on any atom is -0.444 e. The molecular weight excluding hydrogens is 242 g/mol. The number of hydrogen-bond acceptors (Lipinski definition) is 4. The van der Waals surface area contributed by atoms with E-state index in [1.54, 1.807) is 0 Å². The zero-order valence-electron chi connectivity index (χ0n) is 10.7. The zero-order valence-corrected chi connectivity index (χ0v) is 12.3. The largest absolute Gasteiger partial charge is 0.444 e. The maximum absolute atomic E-state index is 11.2. The molecule has 0 saturated carbocycles. The predicted molar refractivity (Wildman–Crippen MR) is 74.6 cm³/mol. The molecule has 0 fully saturated rings. The SMILES string of the molecule is CCSCCSCCNC(=O)OC(C)(C)C. The van der Waals surface area contributed by atoms with Crippen molar-refractivity contribution >= 4 is 29.6 Å². The fraction of sp³-hybridized carbons (Fsp3) is 0.909. The molecule has 0 spiro atoms. The summed E-state index contributed by atoms with van der Waals surface area (Å²) in [6.07, 6.45) is -0.323. The van der Waals surface area contributed by atoms with Gasteiger partial charge in [0.15, 0.2) is 0 Å². The Hall–Kier alpha value is -0.0300. The van der Waals surface area contributed by atoms with Crippen molar-refractivity contribution in [1.82, 2.24) is 5.32 Å². The highest BCUT2D eigenvalue weighted by molar-refractivity contribution is 8.02. The van der Waals surface area contributed by atoms with E-state index in [0.717, 1.165) is 11.5 Å². The van der Waals surface area contributed by atoms with E-state index < -0.39 is 5.60 Å². The molecule has 0 aromatic carbocycles. The molecule has 0 rings (SSSR count). The molecule has 96 valence electrons. The Morgan fingerprint density at radius 2 is 1.81 bits per heavy atom. The lowest BCUT2D eigenvalue weighted by molar-refractivity contribution is 0.0531. The number of ether oxygens (including phenoxy) is 1. The number of carbonyl (C=O) groups is 1. The lowest BCUT2D eigenvalue weighted by Gasteiger charge is -2.19. The van der Waals surface area contributed by atoms with Crippen molar-refractivity contribution in [3.05, 3.63) is 0 Å². The second-order valence-electron chi connectivity index (χ2n) is 4.24. The van der Waals surface area contributed by atoms with Crippen molar-refractivity contribution in [1.29, 1.82) is 0 Å². The van der Waals surface area contributed by atoms with Crippen LogP contribution < -0.4 is 5.32 Å². The molecule has 0 aromatic heterocycles. The summed E-state index contributed by atoms with van der Waals surface area (Å²) < 4.78 is 5.12. The van der Waals surface area contributed by atoms with Gasteiger partial charge in [-0.25, -0.2) is 4.79 Å². The van der Waals surface area contributed by atoms with Crippen LogP contribution in [-0.2, 0) is 4.74 Å². The van der Waals surface area contributed by atoms with Gasteiger partial charge in [0.25, 0.3) is 0 Å². The third-order valence-corrected chi connectivity index (χ3v) is 3.64. The van der Waals surface area contributed by atoms with Crippen LogP contribution in [0.4, 0.5) is 4.79 Å². The first-order chi connectivity index (χ1) is 7.45. The summed E-state index contributed by atoms with van der Waals surface area (Å²) >= 11 is 3.81. The van der Waals surface area contributed by atoms with Crippen LogP contribution in [0.15, 0.2) is 0 Å². The molecule has 0 aliphatic rings. The standard InChI is InChI=1S/C11H23NO2S2/c1-5-15-8-9-16-7-6-12-10(13)14-11(2,3)4/h5-9H2,1-4H3,(H,12,13). The predicted octanol–water partition coefficient (Wildman–Crippen LogP) is 3.00. The number of hydrogen-bond donors (Lipinski definition) is 1. The third kappa shape index (κ3) is 12.0. The first kappa shape index (κ1) is 16.0. The van der Waals surface area contributed by atoms with Gasteiger partial charge < -0.3 is 10.1 Å². The van der Waals surface area contributed by atoms with E-state index in [2.05, 4.69) is 12.2 Å². The molecule has 3 nitrogen and oxygen atoms in total. The molecule has 0 aliphatic carbocycles. The van der Waals surface area contributed by atoms with E-state index in [1.807, 2.05) is 44.3 Å². The van der Waals surface area contributed by atoms with Crippen LogP contribution in [0.5, 0.6) is 0 Å². The van der Waals surface area contributed by atoms with Crippen LogP contribution >= 0.6 is 23.5 Å². The number of thioether (sulfide) groups is 2. The lowest BCUT2D eigenvalue weighted by Crippen LogP contribution is -2.33. The van der Waals surface area contributed by atoms with Crippen molar-refractivity contribution in [2.24, 2.45) is 0 Å². The zero-order chi connectivity index (χ0) is 12.4. The van der Waals surface area contributed by atoms with Gasteiger partial charge in [0.2, 0.25) is 0 Å². The first-order valence-corrected chi connectivity index (χ1v) is 7.89. The van der Waals surface area contributed by atoms with Gasteiger partial charge in [0.05, 0.1) is 0 Å². The maximum atomic E-state index is 11.2. The fourth-order valence-corrected chi connectivity index (χ4v) is 2.59. The molecule has 5 heteroatoms. The minimum atomic E-state index is -0.408. The van der Waals surface area contributed by atoms with E-state index in [0.29, 0.717) is 6.54 Å². The van der Waals surface area contributed by atoms with Gasteiger partial charge in [0, 0.05) is 23.8 Å². The van der Waals surface area contributed by atoms with Crippen LogP contribution in [-0.4, -0.2) is 41.3 Å². The molecule has 0 bridgehead atoms. The molecule has 1 amide bonds. The van der Waals surface area contributed by atoms with Crippen molar-refractivity contribution in [3.8, 4) is 0 Å². The Bertz CT molecular complexity index is 193. The molecule has 16 heavy (non-hydrogen) atoms. The molecule has 0 saturated heterocycles. The van der Waals surface area contributed by atoms with Gasteiger partial charge >= 0.3 is 6.09 Å². The van der Waals surface area contributed by atoms with Crippen molar-refractivity contribution in [3.63, 3.8) is 0 Å².